The van der Waals surface area contributed by atoms with Gasteiger partial charge in [0.1, 0.15) is 0 Å². The molecule has 1 rings (SSSR count). The summed E-state index contributed by atoms with van der Waals surface area (Å²) in [5.74, 6) is 0. The van der Waals surface area contributed by atoms with E-state index in [2.05, 4.69) is 41.3 Å². The van der Waals surface area contributed by atoms with Crippen LogP contribution in [0.5, 0.6) is 0 Å². The molecule has 0 aliphatic rings. The van der Waals surface area contributed by atoms with Crippen molar-refractivity contribution in [2.24, 2.45) is 0 Å². The van der Waals surface area contributed by atoms with Gasteiger partial charge in [-0.3, -0.25) is 4.98 Å². The van der Waals surface area contributed by atoms with Gasteiger partial charge in [-0.15, -0.1) is 0 Å². The molecule has 18 heavy (non-hydrogen) atoms. The van der Waals surface area contributed by atoms with Crippen molar-refractivity contribution < 1.29 is 0 Å². The van der Waals surface area contributed by atoms with E-state index in [0.29, 0.717) is 0 Å². The van der Waals surface area contributed by atoms with Crippen LogP contribution in [0.15, 0.2) is 24.5 Å². The molecule has 0 saturated heterocycles. The molecule has 3 heteroatoms. The van der Waals surface area contributed by atoms with Crippen molar-refractivity contribution in [3.8, 4) is 0 Å². The number of hydrogen-bond donors (Lipinski definition) is 1. The molecule has 0 amide bonds. The van der Waals surface area contributed by atoms with E-state index < -0.39 is 0 Å². The molecule has 1 heterocycles. The maximum Gasteiger partial charge on any atom is 0.0270 e. The molecule has 0 bridgehead atoms. The molecule has 1 aromatic heterocycles. The van der Waals surface area contributed by atoms with E-state index in [4.69, 9.17) is 0 Å². The highest BCUT2D eigenvalue weighted by atomic mass is 15.1. The van der Waals surface area contributed by atoms with Gasteiger partial charge >= 0.3 is 0 Å². The first-order chi connectivity index (χ1) is 8.83. The van der Waals surface area contributed by atoms with E-state index in [1.807, 2.05) is 12.4 Å². The Labute approximate surface area is 112 Å². The minimum atomic E-state index is 1.09. The Kier molecular flexibility index (Phi) is 8.43. The lowest BCUT2D eigenvalue weighted by molar-refractivity contribution is 0.335. The number of unbranched alkanes of at least 4 members (excludes halogenated alkanes) is 2. The third-order valence-electron chi connectivity index (χ3n) is 3.16. The topological polar surface area (TPSA) is 28.2 Å². The Morgan fingerprint density at radius 3 is 2.61 bits per heavy atom. The maximum absolute atomic E-state index is 4.03. The molecule has 0 aliphatic carbocycles. The number of hydrogen-bond acceptors (Lipinski definition) is 3. The predicted molar refractivity (Wildman–Crippen MR) is 77.8 cm³/mol. The van der Waals surface area contributed by atoms with Crippen LogP contribution in [0.3, 0.4) is 0 Å². The SMILES string of the molecule is CCCCCNCCN(C)CCc1ccncc1. The van der Waals surface area contributed by atoms with Gasteiger partial charge in [0.05, 0.1) is 0 Å². The second kappa shape index (κ2) is 10.0. The Hall–Kier alpha value is -0.930. The largest absolute Gasteiger partial charge is 0.315 e. The smallest absolute Gasteiger partial charge is 0.0270 e. The Morgan fingerprint density at radius 2 is 1.89 bits per heavy atom. The van der Waals surface area contributed by atoms with Crippen molar-refractivity contribution in [3.05, 3.63) is 30.1 Å². The molecule has 1 N–H and O–H groups in total. The molecule has 0 aromatic carbocycles. The zero-order chi connectivity index (χ0) is 13.1. The molecule has 0 atom stereocenters. The van der Waals surface area contributed by atoms with E-state index in [9.17, 15) is 0 Å². The van der Waals surface area contributed by atoms with Crippen molar-refractivity contribution in [2.75, 3.05) is 33.2 Å². The summed E-state index contributed by atoms with van der Waals surface area (Å²) >= 11 is 0. The summed E-state index contributed by atoms with van der Waals surface area (Å²) < 4.78 is 0. The fraction of sp³-hybridized carbons (Fsp3) is 0.667. The minimum absolute atomic E-state index is 1.09. The summed E-state index contributed by atoms with van der Waals surface area (Å²) in [6, 6.07) is 4.19. The van der Waals surface area contributed by atoms with Crippen molar-refractivity contribution >= 4 is 0 Å². The lowest BCUT2D eigenvalue weighted by Gasteiger charge is -2.16. The molecule has 0 radical (unpaired) electrons. The molecule has 0 saturated carbocycles. The number of nitrogens with one attached hydrogen (secondary N) is 1. The highest BCUT2D eigenvalue weighted by Crippen LogP contribution is 1.98. The highest BCUT2D eigenvalue weighted by Gasteiger charge is 1.98. The fourth-order valence-electron chi connectivity index (χ4n) is 1.88. The van der Waals surface area contributed by atoms with Crippen LogP contribution in [-0.4, -0.2) is 43.1 Å². The average Bonchev–Trinajstić information content (AvgIpc) is 2.41. The normalized spacial score (nSPS) is 11.1. The summed E-state index contributed by atoms with van der Waals surface area (Å²) in [6.07, 6.45) is 8.78. The first kappa shape index (κ1) is 15.1. The van der Waals surface area contributed by atoms with E-state index in [1.54, 1.807) is 0 Å². The number of likely N-dealkylation sites (N-methyl/N-ethyl adjacent to an activating group) is 1. The quantitative estimate of drug-likeness (QED) is 0.645. The fourth-order valence-corrected chi connectivity index (χ4v) is 1.88. The molecule has 0 aliphatic heterocycles. The average molecular weight is 249 g/mol. The van der Waals surface area contributed by atoms with Crippen LogP contribution in [0.2, 0.25) is 0 Å². The van der Waals surface area contributed by atoms with E-state index in [1.165, 1.54) is 24.8 Å². The second-order valence-corrected chi connectivity index (χ2v) is 4.87. The first-order valence-corrected chi connectivity index (χ1v) is 7.11. The van der Waals surface area contributed by atoms with Crippen LogP contribution in [0, 0.1) is 0 Å². The van der Waals surface area contributed by atoms with Crippen LogP contribution in [-0.2, 0) is 6.42 Å². The maximum atomic E-state index is 4.03. The van der Waals surface area contributed by atoms with E-state index >= 15 is 0 Å². The van der Waals surface area contributed by atoms with Crippen molar-refractivity contribution in [3.63, 3.8) is 0 Å². The Morgan fingerprint density at radius 1 is 1.11 bits per heavy atom. The van der Waals surface area contributed by atoms with Gasteiger partial charge in [0.25, 0.3) is 0 Å². The minimum Gasteiger partial charge on any atom is -0.315 e. The summed E-state index contributed by atoms with van der Waals surface area (Å²) in [7, 11) is 2.19. The summed E-state index contributed by atoms with van der Waals surface area (Å²) in [5, 5.41) is 3.50. The molecule has 1 aromatic rings. The first-order valence-electron chi connectivity index (χ1n) is 7.11. The second-order valence-electron chi connectivity index (χ2n) is 4.87. The van der Waals surface area contributed by atoms with E-state index in [0.717, 1.165) is 32.6 Å². The van der Waals surface area contributed by atoms with Crippen LogP contribution in [0.4, 0.5) is 0 Å². The zero-order valence-electron chi connectivity index (χ0n) is 11.9. The van der Waals surface area contributed by atoms with E-state index in [-0.39, 0.29) is 0 Å². The third kappa shape index (κ3) is 7.41. The van der Waals surface area contributed by atoms with Gasteiger partial charge in [0, 0.05) is 32.0 Å². The molecular weight excluding hydrogens is 222 g/mol. The number of pyridine rings is 1. The van der Waals surface area contributed by atoms with Gasteiger partial charge < -0.3 is 10.2 Å². The lowest BCUT2D eigenvalue weighted by atomic mass is 10.2. The van der Waals surface area contributed by atoms with Crippen LogP contribution in [0.1, 0.15) is 31.7 Å². The third-order valence-corrected chi connectivity index (χ3v) is 3.16. The van der Waals surface area contributed by atoms with Crippen LogP contribution < -0.4 is 5.32 Å². The summed E-state index contributed by atoms with van der Waals surface area (Å²) in [4.78, 5) is 6.42. The highest BCUT2D eigenvalue weighted by molar-refractivity contribution is 5.09. The lowest BCUT2D eigenvalue weighted by Crippen LogP contribution is -2.31. The summed E-state index contributed by atoms with van der Waals surface area (Å²) in [6.45, 7) is 6.73. The molecule has 0 spiro atoms. The van der Waals surface area contributed by atoms with Gasteiger partial charge in [-0.1, -0.05) is 19.8 Å². The number of rotatable bonds is 10. The molecule has 3 nitrogen and oxygen atoms in total. The summed E-state index contributed by atoms with van der Waals surface area (Å²) in [5.41, 5.74) is 1.37. The van der Waals surface area contributed by atoms with Crippen molar-refractivity contribution in [2.45, 2.75) is 32.6 Å². The predicted octanol–water partition coefficient (Wildman–Crippen LogP) is 2.34. The van der Waals surface area contributed by atoms with Crippen LogP contribution >= 0.6 is 0 Å². The molecule has 102 valence electrons. The Balaban J connectivity index is 1.99. The monoisotopic (exact) mass is 249 g/mol. The van der Waals surface area contributed by atoms with Gasteiger partial charge in [-0.2, -0.15) is 0 Å². The zero-order valence-corrected chi connectivity index (χ0v) is 11.9. The van der Waals surface area contributed by atoms with Crippen molar-refractivity contribution in [1.29, 1.82) is 0 Å². The van der Waals surface area contributed by atoms with Gasteiger partial charge in [-0.25, -0.2) is 0 Å². The van der Waals surface area contributed by atoms with Crippen LogP contribution in [0.25, 0.3) is 0 Å². The number of aromatic nitrogens is 1. The number of nitrogens with zero attached hydrogens (tertiary/aromatic N) is 2. The standard InChI is InChI=1S/C15H27N3/c1-3-4-5-9-16-12-14-18(2)13-8-15-6-10-17-11-7-15/h6-7,10-11,16H,3-5,8-9,12-14H2,1-2H3. The van der Waals surface area contributed by atoms with Crippen molar-refractivity contribution in [1.82, 2.24) is 15.2 Å². The molecule has 0 fully saturated rings. The molecule has 0 unspecified atom stereocenters. The van der Waals surface area contributed by atoms with Gasteiger partial charge in [0.2, 0.25) is 0 Å². The molecular formula is C15H27N3. The van der Waals surface area contributed by atoms with Gasteiger partial charge in [-0.05, 0) is 44.1 Å². The van der Waals surface area contributed by atoms with Gasteiger partial charge in [0.15, 0.2) is 0 Å². The Bertz CT molecular complexity index is 287.